The summed E-state index contributed by atoms with van der Waals surface area (Å²) in [5.74, 6) is 0.606. The molecule has 1 rings (SSSR count). The maximum atomic E-state index is 11.9. The highest BCUT2D eigenvalue weighted by Crippen LogP contribution is 2.25. The minimum atomic E-state index is -0.100. The summed E-state index contributed by atoms with van der Waals surface area (Å²) < 4.78 is 10.8. The Balaban J connectivity index is 0.00000361. The van der Waals surface area contributed by atoms with Crippen LogP contribution in [0.4, 0.5) is 0 Å². The first kappa shape index (κ1) is 19.2. The predicted molar refractivity (Wildman–Crippen MR) is 85.0 cm³/mol. The van der Waals surface area contributed by atoms with Crippen LogP contribution < -0.4 is 15.4 Å². The summed E-state index contributed by atoms with van der Waals surface area (Å²) in [4.78, 5) is 11.9. The van der Waals surface area contributed by atoms with Crippen LogP contribution in [0.3, 0.4) is 0 Å². The van der Waals surface area contributed by atoms with Gasteiger partial charge in [-0.3, -0.25) is 4.79 Å². The van der Waals surface area contributed by atoms with Gasteiger partial charge in [-0.1, -0.05) is 0 Å². The molecule has 1 aromatic rings. The molecule has 0 atom stereocenters. The van der Waals surface area contributed by atoms with Gasteiger partial charge in [0.15, 0.2) is 0 Å². The van der Waals surface area contributed by atoms with Crippen LogP contribution in [-0.4, -0.2) is 46.4 Å². The third kappa shape index (κ3) is 6.56. The second-order valence-corrected chi connectivity index (χ2v) is 4.70. The van der Waals surface area contributed by atoms with Crippen molar-refractivity contribution in [1.82, 2.24) is 10.6 Å². The Hall–Kier alpha value is -0.820. The van der Waals surface area contributed by atoms with E-state index in [9.17, 15) is 4.79 Å². The standard InChI is InChI=1S/C13H19BrN2O3.ClH/c1-18-8-7-15-5-6-16-13(17)10-3-4-12(19-2)11(14)9-10;/h3-4,9,15H,5-8H2,1-2H3,(H,16,17);1H. The first-order valence-electron chi connectivity index (χ1n) is 6.00. The summed E-state index contributed by atoms with van der Waals surface area (Å²) in [5, 5.41) is 5.99. The molecule has 0 saturated carbocycles. The van der Waals surface area contributed by atoms with Crippen LogP contribution in [0.1, 0.15) is 10.4 Å². The van der Waals surface area contributed by atoms with Crippen molar-refractivity contribution in [2.24, 2.45) is 0 Å². The first-order valence-corrected chi connectivity index (χ1v) is 6.79. The Kier molecular flexibility index (Phi) is 10.5. The Morgan fingerprint density at radius 2 is 2.00 bits per heavy atom. The van der Waals surface area contributed by atoms with Crippen LogP contribution in [0.5, 0.6) is 5.75 Å². The van der Waals surface area contributed by atoms with E-state index in [1.807, 2.05) is 0 Å². The van der Waals surface area contributed by atoms with E-state index >= 15 is 0 Å². The van der Waals surface area contributed by atoms with E-state index in [-0.39, 0.29) is 18.3 Å². The van der Waals surface area contributed by atoms with Gasteiger partial charge in [-0.05, 0) is 34.1 Å². The average Bonchev–Trinajstić information content (AvgIpc) is 2.42. The molecular weight excluding hydrogens is 348 g/mol. The number of benzene rings is 1. The van der Waals surface area contributed by atoms with Crippen LogP contribution in [0.2, 0.25) is 0 Å². The van der Waals surface area contributed by atoms with E-state index < -0.39 is 0 Å². The van der Waals surface area contributed by atoms with Crippen molar-refractivity contribution in [3.8, 4) is 5.75 Å². The highest BCUT2D eigenvalue weighted by molar-refractivity contribution is 9.10. The lowest BCUT2D eigenvalue weighted by atomic mass is 10.2. The molecule has 0 bridgehead atoms. The number of halogens is 2. The summed E-state index contributed by atoms with van der Waals surface area (Å²) in [6.45, 7) is 2.73. The van der Waals surface area contributed by atoms with Crippen LogP contribution in [0.25, 0.3) is 0 Å². The zero-order valence-corrected chi connectivity index (χ0v) is 14.0. The van der Waals surface area contributed by atoms with E-state index in [4.69, 9.17) is 9.47 Å². The molecule has 2 N–H and O–H groups in total. The summed E-state index contributed by atoms with van der Waals surface area (Å²) in [6, 6.07) is 5.24. The number of ether oxygens (including phenoxy) is 2. The van der Waals surface area contributed by atoms with E-state index in [0.717, 1.165) is 11.0 Å². The molecule has 0 saturated heterocycles. The van der Waals surface area contributed by atoms with Gasteiger partial charge in [0.2, 0.25) is 0 Å². The van der Waals surface area contributed by atoms with Crippen molar-refractivity contribution in [2.75, 3.05) is 40.5 Å². The van der Waals surface area contributed by atoms with Crippen molar-refractivity contribution < 1.29 is 14.3 Å². The van der Waals surface area contributed by atoms with E-state index in [1.54, 1.807) is 32.4 Å². The molecule has 5 nitrogen and oxygen atoms in total. The summed E-state index contributed by atoms with van der Waals surface area (Å²) in [6.07, 6.45) is 0. The number of carbonyl (C=O) groups excluding carboxylic acids is 1. The lowest BCUT2D eigenvalue weighted by Gasteiger charge is -2.08. The molecule has 0 spiro atoms. The zero-order chi connectivity index (χ0) is 14.1. The van der Waals surface area contributed by atoms with Crippen molar-refractivity contribution in [3.63, 3.8) is 0 Å². The van der Waals surface area contributed by atoms with Crippen molar-refractivity contribution in [3.05, 3.63) is 28.2 Å². The maximum absolute atomic E-state index is 11.9. The summed E-state index contributed by atoms with van der Waals surface area (Å²) in [5.41, 5.74) is 0.601. The SMILES string of the molecule is COCCNCCNC(=O)c1ccc(OC)c(Br)c1.Cl. The second-order valence-electron chi connectivity index (χ2n) is 3.85. The molecule has 0 aliphatic heterocycles. The van der Waals surface area contributed by atoms with Gasteiger partial charge in [0, 0.05) is 32.3 Å². The van der Waals surface area contributed by atoms with Crippen molar-refractivity contribution in [1.29, 1.82) is 0 Å². The van der Waals surface area contributed by atoms with Crippen molar-refractivity contribution >= 4 is 34.2 Å². The first-order chi connectivity index (χ1) is 9.19. The van der Waals surface area contributed by atoms with Gasteiger partial charge in [-0.25, -0.2) is 0 Å². The maximum Gasteiger partial charge on any atom is 0.251 e. The Bertz CT molecular complexity index is 419. The molecule has 7 heteroatoms. The molecule has 0 heterocycles. The van der Waals surface area contributed by atoms with Gasteiger partial charge in [0.05, 0.1) is 18.2 Å². The van der Waals surface area contributed by atoms with Crippen LogP contribution in [-0.2, 0) is 4.74 Å². The fraction of sp³-hybridized carbons (Fsp3) is 0.462. The topological polar surface area (TPSA) is 59.6 Å². The normalized spacial score (nSPS) is 9.75. The Labute approximate surface area is 133 Å². The van der Waals surface area contributed by atoms with Gasteiger partial charge in [0.25, 0.3) is 5.91 Å². The van der Waals surface area contributed by atoms with Crippen LogP contribution in [0, 0.1) is 0 Å². The third-order valence-corrected chi connectivity index (χ3v) is 3.10. The van der Waals surface area contributed by atoms with Gasteiger partial charge >= 0.3 is 0 Å². The summed E-state index contributed by atoms with van der Waals surface area (Å²) in [7, 11) is 3.25. The molecule has 0 radical (unpaired) electrons. The number of rotatable bonds is 8. The average molecular weight is 368 g/mol. The summed E-state index contributed by atoms with van der Waals surface area (Å²) >= 11 is 3.35. The fourth-order valence-electron chi connectivity index (χ4n) is 1.47. The van der Waals surface area contributed by atoms with Gasteiger partial charge in [0.1, 0.15) is 5.75 Å². The number of amides is 1. The molecule has 1 amide bonds. The fourth-order valence-corrected chi connectivity index (χ4v) is 2.01. The molecule has 20 heavy (non-hydrogen) atoms. The van der Waals surface area contributed by atoms with Crippen molar-refractivity contribution in [2.45, 2.75) is 0 Å². The van der Waals surface area contributed by atoms with E-state index in [0.29, 0.717) is 31.0 Å². The van der Waals surface area contributed by atoms with Gasteiger partial charge in [-0.15, -0.1) is 12.4 Å². The smallest absolute Gasteiger partial charge is 0.251 e. The highest BCUT2D eigenvalue weighted by Gasteiger charge is 2.07. The minimum absolute atomic E-state index is 0. The molecule has 0 fully saturated rings. The van der Waals surface area contributed by atoms with Crippen LogP contribution >= 0.6 is 28.3 Å². The largest absolute Gasteiger partial charge is 0.496 e. The predicted octanol–water partition coefficient (Wildman–Crippen LogP) is 1.85. The van der Waals surface area contributed by atoms with Gasteiger partial charge < -0.3 is 20.1 Å². The monoisotopic (exact) mass is 366 g/mol. The van der Waals surface area contributed by atoms with Gasteiger partial charge in [-0.2, -0.15) is 0 Å². The van der Waals surface area contributed by atoms with E-state index in [2.05, 4.69) is 26.6 Å². The third-order valence-electron chi connectivity index (χ3n) is 2.48. The lowest BCUT2D eigenvalue weighted by molar-refractivity contribution is 0.0953. The molecule has 114 valence electrons. The van der Waals surface area contributed by atoms with Crippen LogP contribution in [0.15, 0.2) is 22.7 Å². The molecular formula is C13H20BrClN2O3. The second kappa shape index (κ2) is 10.9. The van der Waals surface area contributed by atoms with E-state index in [1.165, 1.54) is 0 Å². The number of nitrogens with one attached hydrogen (secondary N) is 2. The number of methoxy groups -OCH3 is 2. The number of hydrogen-bond donors (Lipinski definition) is 2. The highest BCUT2D eigenvalue weighted by atomic mass is 79.9. The molecule has 0 aliphatic rings. The molecule has 0 aliphatic carbocycles. The quantitative estimate of drug-likeness (QED) is 0.689. The Morgan fingerprint density at radius 1 is 1.25 bits per heavy atom. The molecule has 0 unspecified atom stereocenters. The molecule has 0 aromatic heterocycles. The number of hydrogen-bond acceptors (Lipinski definition) is 4. The lowest BCUT2D eigenvalue weighted by Crippen LogP contribution is -2.33. The minimum Gasteiger partial charge on any atom is -0.496 e. The zero-order valence-electron chi connectivity index (χ0n) is 11.6. The number of carbonyl (C=O) groups is 1. The Morgan fingerprint density at radius 3 is 2.60 bits per heavy atom. The molecule has 1 aromatic carbocycles.